The lowest BCUT2D eigenvalue weighted by molar-refractivity contribution is 0.680. The maximum atomic E-state index is 14.7. The molecule has 0 bridgehead atoms. The number of hydrogen-bond donors (Lipinski definition) is 0. The quantitative estimate of drug-likeness (QED) is 0.327. The highest BCUT2D eigenvalue weighted by atomic mass is 35.5. The molecular formula is C32H36ClNOS. The van der Waals surface area contributed by atoms with Crippen LogP contribution in [0.15, 0.2) is 70.6 Å². The van der Waals surface area contributed by atoms with Crippen LogP contribution >= 0.6 is 11.6 Å². The van der Waals surface area contributed by atoms with E-state index in [1.807, 2.05) is 36.4 Å². The number of hydrogen-bond acceptors (Lipinski definition) is 2. The Balaban J connectivity index is 1.97. The molecule has 0 N–H and O–H groups in total. The Hall–Kier alpha value is -2.49. The van der Waals surface area contributed by atoms with Gasteiger partial charge in [-0.3, -0.25) is 4.99 Å². The average molecular weight is 518 g/mol. The Morgan fingerprint density at radius 3 is 1.97 bits per heavy atom. The monoisotopic (exact) mass is 517 g/mol. The molecule has 4 heteroatoms. The van der Waals surface area contributed by atoms with Crippen molar-refractivity contribution in [2.75, 3.05) is 0 Å². The van der Waals surface area contributed by atoms with E-state index in [0.717, 1.165) is 31.6 Å². The number of rotatable bonds is 6. The van der Waals surface area contributed by atoms with Crippen molar-refractivity contribution in [1.82, 2.24) is 0 Å². The lowest BCUT2D eigenvalue weighted by atomic mass is 9.89. The van der Waals surface area contributed by atoms with Gasteiger partial charge in [0.2, 0.25) is 0 Å². The molecule has 0 spiro atoms. The van der Waals surface area contributed by atoms with Crippen LogP contribution in [0.4, 0.5) is 5.69 Å². The minimum Gasteiger partial charge on any atom is -0.253 e. The van der Waals surface area contributed by atoms with Crippen molar-refractivity contribution in [2.24, 2.45) is 10.9 Å². The molecule has 0 radical (unpaired) electrons. The third-order valence-corrected chi connectivity index (χ3v) is 8.98. The molecule has 0 aromatic heterocycles. The van der Waals surface area contributed by atoms with Crippen LogP contribution in [-0.4, -0.2) is 9.92 Å². The van der Waals surface area contributed by atoms with E-state index in [1.54, 1.807) is 0 Å². The summed E-state index contributed by atoms with van der Waals surface area (Å²) < 4.78 is 14.7. The van der Waals surface area contributed by atoms with Crippen molar-refractivity contribution in [3.05, 3.63) is 92.8 Å². The van der Waals surface area contributed by atoms with Gasteiger partial charge in [-0.1, -0.05) is 96.5 Å². The molecule has 0 saturated heterocycles. The second-order valence-corrected chi connectivity index (χ2v) is 12.4. The van der Waals surface area contributed by atoms with Crippen molar-refractivity contribution in [2.45, 2.75) is 71.1 Å². The first-order valence-electron chi connectivity index (χ1n) is 12.8. The van der Waals surface area contributed by atoms with Crippen LogP contribution < -0.4 is 10.4 Å². The van der Waals surface area contributed by atoms with Crippen LogP contribution in [0, 0.1) is 5.92 Å². The highest BCUT2D eigenvalue weighted by molar-refractivity contribution is 7.94. The molecule has 0 amide bonds. The van der Waals surface area contributed by atoms with Gasteiger partial charge in [-0.05, 0) is 75.2 Å². The fourth-order valence-corrected chi connectivity index (χ4v) is 6.96. The van der Waals surface area contributed by atoms with Crippen LogP contribution in [0.2, 0.25) is 5.02 Å². The highest BCUT2D eigenvalue weighted by Gasteiger charge is 2.29. The van der Waals surface area contributed by atoms with E-state index in [0.29, 0.717) is 10.9 Å². The van der Waals surface area contributed by atoms with E-state index in [9.17, 15) is 4.21 Å². The Bertz CT molecular complexity index is 1420. The summed E-state index contributed by atoms with van der Waals surface area (Å²) in [7, 11) is -1.33. The van der Waals surface area contributed by atoms with Gasteiger partial charge in [0.05, 0.1) is 21.4 Å². The zero-order valence-corrected chi connectivity index (χ0v) is 23.9. The van der Waals surface area contributed by atoms with Gasteiger partial charge in [-0.25, -0.2) is 4.21 Å². The fraction of sp³-hybridized carbons (Fsp3) is 0.344. The summed E-state index contributed by atoms with van der Waals surface area (Å²) >= 11 is 6.09. The summed E-state index contributed by atoms with van der Waals surface area (Å²) in [4.78, 5) is 6.88. The lowest BCUT2D eigenvalue weighted by Crippen LogP contribution is -2.37. The first kappa shape index (κ1) is 26.6. The lowest BCUT2D eigenvalue weighted by Gasteiger charge is -2.26. The highest BCUT2D eigenvalue weighted by Crippen LogP contribution is 2.38. The first-order valence-corrected chi connectivity index (χ1v) is 14.4. The van der Waals surface area contributed by atoms with Gasteiger partial charge in [-0.2, -0.15) is 0 Å². The van der Waals surface area contributed by atoms with Gasteiger partial charge in [0.25, 0.3) is 0 Å². The molecule has 0 aliphatic heterocycles. The summed E-state index contributed by atoms with van der Waals surface area (Å²) in [6.45, 7) is 15.4. The molecule has 36 heavy (non-hydrogen) atoms. The molecule has 0 heterocycles. The molecular weight excluding hydrogens is 482 g/mol. The Labute approximate surface area is 223 Å². The summed E-state index contributed by atoms with van der Waals surface area (Å²) in [6, 6.07) is 20.4. The summed E-state index contributed by atoms with van der Waals surface area (Å²) in [5, 5.41) is 2.80. The van der Waals surface area contributed by atoms with Crippen molar-refractivity contribution in [1.29, 1.82) is 0 Å². The van der Waals surface area contributed by atoms with Crippen molar-refractivity contribution in [3.8, 4) is 0 Å². The van der Waals surface area contributed by atoms with E-state index >= 15 is 0 Å². The smallest absolute Gasteiger partial charge is 0.0827 e. The predicted molar refractivity (Wildman–Crippen MR) is 156 cm³/mol. The fourth-order valence-electron chi connectivity index (χ4n) is 4.77. The third-order valence-electron chi connectivity index (χ3n) is 6.92. The molecule has 0 fully saturated rings. The van der Waals surface area contributed by atoms with Gasteiger partial charge >= 0.3 is 0 Å². The molecule has 2 atom stereocenters. The summed E-state index contributed by atoms with van der Waals surface area (Å²) in [5.74, 6) is 0.853. The number of nitrogens with zero attached hydrogens (tertiary/aromatic N) is 1. The second-order valence-electron chi connectivity index (χ2n) is 10.6. The molecule has 2 nitrogen and oxygen atoms in total. The molecule has 1 aliphatic carbocycles. The van der Waals surface area contributed by atoms with E-state index < -0.39 is 10.8 Å². The number of benzene rings is 3. The standard InChI is InChI=1S/C32H36ClNOS/c1-19(2)24-16-28(20(3)4)32(29(17-24)21(5)6)36(35)31-22(7)30(18-23-10-8-9-11-27(23)31)34-26-14-12-25(33)13-15-26/h8-22H,1-7H3. The zero-order chi connectivity index (χ0) is 26.1. The zero-order valence-electron chi connectivity index (χ0n) is 22.3. The topological polar surface area (TPSA) is 29.4 Å². The van der Waals surface area contributed by atoms with Gasteiger partial charge in [0, 0.05) is 21.6 Å². The molecule has 3 aromatic carbocycles. The normalized spacial score (nSPS) is 17.6. The Morgan fingerprint density at radius 2 is 1.42 bits per heavy atom. The maximum absolute atomic E-state index is 14.7. The first-order chi connectivity index (χ1) is 17.1. The molecule has 4 rings (SSSR count). The van der Waals surface area contributed by atoms with Crippen LogP contribution in [0.5, 0.6) is 0 Å². The second kappa shape index (κ2) is 10.9. The minimum absolute atomic E-state index is 0.0961. The molecule has 3 aromatic rings. The van der Waals surface area contributed by atoms with E-state index in [4.69, 9.17) is 16.6 Å². The van der Waals surface area contributed by atoms with Gasteiger partial charge in [0.1, 0.15) is 0 Å². The molecule has 1 aliphatic rings. The van der Waals surface area contributed by atoms with E-state index in [2.05, 4.69) is 78.8 Å². The van der Waals surface area contributed by atoms with Crippen molar-refractivity contribution in [3.63, 3.8) is 0 Å². The predicted octanol–water partition coefficient (Wildman–Crippen LogP) is 7.83. The largest absolute Gasteiger partial charge is 0.253 e. The van der Waals surface area contributed by atoms with Gasteiger partial charge < -0.3 is 0 Å². The van der Waals surface area contributed by atoms with E-state index in [-0.39, 0.29) is 17.8 Å². The third kappa shape index (κ3) is 5.28. The van der Waals surface area contributed by atoms with Crippen LogP contribution in [0.3, 0.4) is 0 Å². The van der Waals surface area contributed by atoms with Gasteiger partial charge in [-0.15, -0.1) is 0 Å². The number of halogens is 1. The summed E-state index contributed by atoms with van der Waals surface area (Å²) in [6.07, 6.45) is 2.13. The SMILES string of the molecule is CC1C(=Nc2ccc(Cl)cc2)C=c2ccccc2=C1S(=O)c1c(C(C)C)cc(C(C)C)cc1C(C)C. The van der Waals surface area contributed by atoms with Crippen LogP contribution in [0.25, 0.3) is 11.0 Å². The summed E-state index contributed by atoms with van der Waals surface area (Å²) in [5.41, 5.74) is 5.44. The molecule has 188 valence electrons. The maximum Gasteiger partial charge on any atom is 0.0827 e. The van der Waals surface area contributed by atoms with Crippen LogP contribution in [-0.2, 0) is 10.8 Å². The van der Waals surface area contributed by atoms with Crippen molar-refractivity contribution >= 4 is 44.8 Å². The van der Waals surface area contributed by atoms with Crippen LogP contribution in [0.1, 0.15) is 82.9 Å². The van der Waals surface area contributed by atoms with Gasteiger partial charge in [0.15, 0.2) is 0 Å². The number of fused-ring (bicyclic) bond motifs is 1. The number of aliphatic imine (C=N–C) groups is 1. The molecule has 2 unspecified atom stereocenters. The average Bonchev–Trinajstić information content (AvgIpc) is 2.84. The molecule has 0 saturated carbocycles. The Kier molecular flexibility index (Phi) is 8.02. The Morgan fingerprint density at radius 1 is 0.833 bits per heavy atom. The minimum atomic E-state index is -1.33. The van der Waals surface area contributed by atoms with E-state index in [1.165, 1.54) is 16.7 Å². The van der Waals surface area contributed by atoms with Crippen molar-refractivity contribution < 1.29 is 4.21 Å².